The van der Waals surface area contributed by atoms with Gasteiger partial charge in [-0.3, -0.25) is 14.4 Å². The maximum atomic E-state index is 11.7. The summed E-state index contributed by atoms with van der Waals surface area (Å²) >= 11 is 0. The highest BCUT2D eigenvalue weighted by atomic mass is 16.8. The smallest absolute Gasteiger partial charge is 0.303 e. The van der Waals surface area contributed by atoms with E-state index in [4.69, 9.17) is 28.4 Å². The molecule has 1 aromatic rings. The van der Waals surface area contributed by atoms with Crippen LogP contribution in [0.15, 0.2) is 30.3 Å². The molecule has 28 heavy (non-hydrogen) atoms. The third kappa shape index (κ3) is 4.67. The molecule has 0 amide bonds. The third-order valence-electron chi connectivity index (χ3n) is 4.26. The van der Waals surface area contributed by atoms with Gasteiger partial charge in [0.15, 0.2) is 30.9 Å². The Morgan fingerprint density at radius 2 is 1.50 bits per heavy atom. The number of rotatable bonds is 5. The van der Waals surface area contributed by atoms with Crippen molar-refractivity contribution in [2.24, 2.45) is 0 Å². The second-order valence-corrected chi connectivity index (χ2v) is 6.47. The number of benzene rings is 1. The first-order chi connectivity index (χ1) is 13.3. The van der Waals surface area contributed by atoms with E-state index < -0.39 is 54.9 Å². The maximum absolute atomic E-state index is 11.7. The molecule has 0 spiro atoms. The predicted octanol–water partition coefficient (Wildman–Crippen LogP) is 1.25. The Morgan fingerprint density at radius 1 is 0.857 bits per heavy atom. The predicted molar refractivity (Wildman–Crippen MR) is 91.5 cm³/mol. The van der Waals surface area contributed by atoms with Crippen LogP contribution in [0.5, 0.6) is 0 Å². The van der Waals surface area contributed by atoms with Crippen LogP contribution in [0.2, 0.25) is 0 Å². The summed E-state index contributed by atoms with van der Waals surface area (Å²) in [5.41, 5.74) is 0.752. The van der Waals surface area contributed by atoms with Gasteiger partial charge in [0.1, 0.15) is 12.7 Å². The summed E-state index contributed by atoms with van der Waals surface area (Å²) in [4.78, 5) is 34.5. The van der Waals surface area contributed by atoms with Crippen LogP contribution in [0.25, 0.3) is 0 Å². The molecule has 2 heterocycles. The van der Waals surface area contributed by atoms with Crippen LogP contribution in [-0.2, 0) is 42.8 Å². The average molecular weight is 394 g/mol. The molecule has 2 saturated heterocycles. The first-order valence-electron chi connectivity index (χ1n) is 8.84. The Bertz CT molecular complexity index is 719. The Labute approximate surface area is 161 Å². The highest BCUT2D eigenvalue weighted by molar-refractivity contribution is 5.67. The SMILES string of the molecule is CC(=O)OC[C@H]1O[C@@H]2O[C@@H](c3ccccc3)O[C@@H]2[C@@H](OC(C)=O)[C@@H]1OC(C)=O. The minimum absolute atomic E-state index is 0.201. The van der Waals surface area contributed by atoms with E-state index in [9.17, 15) is 14.4 Å². The maximum Gasteiger partial charge on any atom is 0.303 e. The van der Waals surface area contributed by atoms with Crippen molar-refractivity contribution in [2.45, 2.75) is 57.8 Å². The Morgan fingerprint density at radius 3 is 2.11 bits per heavy atom. The van der Waals surface area contributed by atoms with Crippen molar-refractivity contribution in [2.75, 3.05) is 6.61 Å². The summed E-state index contributed by atoms with van der Waals surface area (Å²) in [7, 11) is 0. The van der Waals surface area contributed by atoms with Crippen molar-refractivity contribution >= 4 is 17.9 Å². The molecule has 0 bridgehead atoms. The number of carbonyl (C=O) groups is 3. The zero-order valence-electron chi connectivity index (χ0n) is 15.7. The van der Waals surface area contributed by atoms with Crippen molar-refractivity contribution in [3.8, 4) is 0 Å². The Balaban J connectivity index is 1.86. The van der Waals surface area contributed by atoms with Gasteiger partial charge < -0.3 is 28.4 Å². The van der Waals surface area contributed by atoms with E-state index in [-0.39, 0.29) is 6.61 Å². The fourth-order valence-electron chi connectivity index (χ4n) is 3.19. The van der Waals surface area contributed by atoms with Crippen molar-refractivity contribution in [3.63, 3.8) is 0 Å². The van der Waals surface area contributed by atoms with Crippen LogP contribution in [0.4, 0.5) is 0 Å². The van der Waals surface area contributed by atoms with Gasteiger partial charge in [-0.25, -0.2) is 0 Å². The van der Waals surface area contributed by atoms with Crippen molar-refractivity contribution in [1.29, 1.82) is 0 Å². The molecule has 0 aromatic heterocycles. The number of carbonyl (C=O) groups excluding carboxylic acids is 3. The second kappa shape index (κ2) is 8.68. The molecule has 6 atom stereocenters. The minimum Gasteiger partial charge on any atom is -0.463 e. The van der Waals surface area contributed by atoms with E-state index in [1.807, 2.05) is 30.3 Å². The molecule has 0 saturated carbocycles. The Kier molecular flexibility index (Phi) is 6.28. The van der Waals surface area contributed by atoms with E-state index >= 15 is 0 Å². The lowest BCUT2D eigenvalue weighted by atomic mass is 9.98. The van der Waals surface area contributed by atoms with Crippen LogP contribution in [0.1, 0.15) is 32.6 Å². The molecular formula is C19H22O9. The first-order valence-corrected chi connectivity index (χ1v) is 8.84. The zero-order valence-corrected chi connectivity index (χ0v) is 15.7. The molecule has 0 unspecified atom stereocenters. The van der Waals surface area contributed by atoms with Gasteiger partial charge in [-0.05, 0) is 0 Å². The van der Waals surface area contributed by atoms with Gasteiger partial charge in [0, 0.05) is 26.3 Å². The van der Waals surface area contributed by atoms with E-state index in [1.165, 1.54) is 20.8 Å². The monoisotopic (exact) mass is 394 g/mol. The van der Waals surface area contributed by atoms with Gasteiger partial charge in [-0.15, -0.1) is 0 Å². The van der Waals surface area contributed by atoms with Gasteiger partial charge in [0.25, 0.3) is 0 Å². The first kappa shape index (κ1) is 20.2. The van der Waals surface area contributed by atoms with Crippen LogP contribution in [0, 0.1) is 0 Å². The third-order valence-corrected chi connectivity index (χ3v) is 4.26. The normalized spacial score (nSPS) is 31.5. The van der Waals surface area contributed by atoms with Gasteiger partial charge >= 0.3 is 17.9 Å². The van der Waals surface area contributed by atoms with Crippen molar-refractivity contribution in [3.05, 3.63) is 35.9 Å². The molecular weight excluding hydrogens is 372 g/mol. The van der Waals surface area contributed by atoms with Crippen LogP contribution >= 0.6 is 0 Å². The number of fused-ring (bicyclic) bond motifs is 1. The summed E-state index contributed by atoms with van der Waals surface area (Å²) in [6.45, 7) is 3.50. The van der Waals surface area contributed by atoms with Crippen LogP contribution in [-0.4, -0.2) is 55.2 Å². The van der Waals surface area contributed by atoms with E-state index in [1.54, 1.807) is 0 Å². The standard InChI is InChI=1S/C19H22O9/c1-10(20)23-9-14-15(24-11(2)21)16(25-12(3)22)17-19(26-14)28-18(27-17)13-7-5-4-6-8-13/h4-8,14-19H,9H2,1-3H3/t14-,15-,16+,17-,18+,19-/m1/s1. The summed E-state index contributed by atoms with van der Waals surface area (Å²) in [5.74, 6) is -1.71. The topological polar surface area (TPSA) is 107 Å². The molecule has 2 aliphatic heterocycles. The number of hydrogen-bond donors (Lipinski definition) is 0. The number of ether oxygens (including phenoxy) is 6. The highest BCUT2D eigenvalue weighted by Gasteiger charge is 2.56. The lowest BCUT2D eigenvalue weighted by Gasteiger charge is -2.40. The molecule has 152 valence electrons. The summed E-state index contributed by atoms with van der Waals surface area (Å²) in [6, 6.07) is 9.17. The summed E-state index contributed by atoms with van der Waals surface area (Å²) in [5, 5.41) is 0. The largest absolute Gasteiger partial charge is 0.463 e. The fraction of sp³-hybridized carbons (Fsp3) is 0.526. The molecule has 0 N–H and O–H groups in total. The van der Waals surface area contributed by atoms with Gasteiger partial charge in [-0.2, -0.15) is 0 Å². The lowest BCUT2D eigenvalue weighted by Crippen LogP contribution is -2.60. The molecule has 2 fully saturated rings. The van der Waals surface area contributed by atoms with Crippen molar-refractivity contribution < 1.29 is 42.8 Å². The molecule has 0 radical (unpaired) electrons. The van der Waals surface area contributed by atoms with E-state index in [0.29, 0.717) is 0 Å². The average Bonchev–Trinajstić information content (AvgIpc) is 3.06. The van der Waals surface area contributed by atoms with Gasteiger partial charge in [-0.1, -0.05) is 30.3 Å². The number of hydrogen-bond acceptors (Lipinski definition) is 9. The minimum atomic E-state index is -1.03. The second-order valence-electron chi connectivity index (χ2n) is 6.47. The molecule has 9 heteroatoms. The van der Waals surface area contributed by atoms with E-state index in [0.717, 1.165) is 5.56 Å². The quantitative estimate of drug-likeness (QED) is 0.539. The summed E-state index contributed by atoms with van der Waals surface area (Å²) < 4.78 is 33.4. The molecule has 0 aliphatic carbocycles. The van der Waals surface area contributed by atoms with Gasteiger partial charge in [0.05, 0.1) is 0 Å². The van der Waals surface area contributed by atoms with E-state index in [2.05, 4.69) is 0 Å². The van der Waals surface area contributed by atoms with Crippen LogP contribution < -0.4 is 0 Å². The molecule has 9 nitrogen and oxygen atoms in total. The summed E-state index contributed by atoms with van der Waals surface area (Å²) in [6.07, 6.45) is -5.39. The van der Waals surface area contributed by atoms with Crippen LogP contribution in [0.3, 0.4) is 0 Å². The highest BCUT2D eigenvalue weighted by Crippen LogP contribution is 2.40. The molecule has 3 rings (SSSR count). The number of esters is 3. The lowest BCUT2D eigenvalue weighted by molar-refractivity contribution is -0.264. The zero-order chi connectivity index (χ0) is 20.3. The van der Waals surface area contributed by atoms with Gasteiger partial charge in [0.2, 0.25) is 0 Å². The van der Waals surface area contributed by atoms with Crippen molar-refractivity contribution in [1.82, 2.24) is 0 Å². The Hall–Kier alpha value is -2.49. The molecule has 2 aliphatic rings. The molecule has 1 aromatic carbocycles. The fourth-order valence-corrected chi connectivity index (χ4v) is 3.19.